The van der Waals surface area contributed by atoms with Crippen molar-refractivity contribution in [1.82, 2.24) is 4.90 Å². The number of hydrogen-bond acceptors (Lipinski definition) is 5. The molecule has 0 aliphatic carbocycles. The summed E-state index contributed by atoms with van der Waals surface area (Å²) in [5.41, 5.74) is 0.712. The fourth-order valence-electron chi connectivity index (χ4n) is 2.00. The zero-order chi connectivity index (χ0) is 18.1. The summed E-state index contributed by atoms with van der Waals surface area (Å²) in [5.74, 6) is -0.313. The molecule has 0 heterocycles. The van der Waals surface area contributed by atoms with Crippen LogP contribution in [0.1, 0.15) is 25.8 Å². The van der Waals surface area contributed by atoms with Crippen LogP contribution in [-0.4, -0.2) is 55.4 Å². The Kier molecular flexibility index (Phi) is 8.05. The number of methoxy groups -OCH3 is 2. The number of carboxylic acid groups (broad SMARTS) is 1. The Morgan fingerprint density at radius 1 is 1.17 bits per heavy atom. The van der Waals surface area contributed by atoms with Crippen LogP contribution in [0.2, 0.25) is 0 Å². The lowest BCUT2D eigenvalue weighted by Crippen LogP contribution is -2.38. The third kappa shape index (κ3) is 6.45. The molecule has 0 fully saturated rings. The fourth-order valence-corrected chi connectivity index (χ4v) is 2.00. The van der Waals surface area contributed by atoms with E-state index in [0.717, 1.165) is 6.42 Å². The largest absolute Gasteiger partial charge is 0.497 e. The van der Waals surface area contributed by atoms with E-state index in [9.17, 15) is 9.59 Å². The van der Waals surface area contributed by atoms with Crippen molar-refractivity contribution in [2.45, 2.75) is 32.9 Å². The van der Waals surface area contributed by atoms with Crippen molar-refractivity contribution in [2.75, 3.05) is 27.4 Å². The Morgan fingerprint density at radius 3 is 2.21 bits per heavy atom. The molecule has 1 unspecified atom stereocenters. The molecule has 1 aromatic rings. The van der Waals surface area contributed by atoms with Crippen LogP contribution in [-0.2, 0) is 20.9 Å². The lowest BCUT2D eigenvalue weighted by Gasteiger charge is -2.22. The summed E-state index contributed by atoms with van der Waals surface area (Å²) >= 11 is 0. The van der Waals surface area contributed by atoms with E-state index in [4.69, 9.17) is 19.3 Å². The van der Waals surface area contributed by atoms with Crippen LogP contribution in [0.15, 0.2) is 18.2 Å². The van der Waals surface area contributed by atoms with Crippen molar-refractivity contribution in [3.63, 3.8) is 0 Å². The first kappa shape index (κ1) is 19.8. The second kappa shape index (κ2) is 9.77. The molecule has 0 aliphatic heterocycles. The maximum atomic E-state index is 12.3. The van der Waals surface area contributed by atoms with Crippen molar-refractivity contribution in [3.05, 3.63) is 23.8 Å². The Bertz CT molecular complexity index is 538. The first-order valence-corrected chi connectivity index (χ1v) is 7.72. The van der Waals surface area contributed by atoms with Crippen LogP contribution in [0.5, 0.6) is 11.5 Å². The van der Waals surface area contributed by atoms with E-state index in [1.54, 1.807) is 18.2 Å². The van der Waals surface area contributed by atoms with Crippen molar-refractivity contribution in [1.29, 1.82) is 0 Å². The van der Waals surface area contributed by atoms with Crippen LogP contribution in [0.3, 0.4) is 0 Å². The van der Waals surface area contributed by atoms with Gasteiger partial charge in [0.2, 0.25) is 5.91 Å². The van der Waals surface area contributed by atoms with Crippen molar-refractivity contribution < 1.29 is 28.9 Å². The molecule has 0 radical (unpaired) electrons. The van der Waals surface area contributed by atoms with Gasteiger partial charge in [-0.15, -0.1) is 0 Å². The molecule has 0 aromatic heterocycles. The maximum absolute atomic E-state index is 12.3. The molecule has 1 aromatic carbocycles. The van der Waals surface area contributed by atoms with Gasteiger partial charge >= 0.3 is 5.97 Å². The average molecular weight is 339 g/mol. The Morgan fingerprint density at radius 2 is 1.75 bits per heavy atom. The second-order valence-electron chi connectivity index (χ2n) is 5.39. The average Bonchev–Trinajstić information content (AvgIpc) is 2.57. The molecule has 0 spiro atoms. The number of rotatable bonds is 10. The summed E-state index contributed by atoms with van der Waals surface area (Å²) in [6.45, 7) is 3.39. The monoisotopic (exact) mass is 339 g/mol. The lowest BCUT2D eigenvalue weighted by atomic mass is 10.2. The highest BCUT2D eigenvalue weighted by Crippen LogP contribution is 2.23. The Hall–Kier alpha value is -2.28. The Balaban J connectivity index is 2.89. The molecule has 0 aliphatic rings. The number of benzene rings is 1. The first-order chi connectivity index (χ1) is 11.4. The highest BCUT2D eigenvalue weighted by molar-refractivity contribution is 5.82. The number of nitrogens with zero attached hydrogens (tertiary/aromatic N) is 1. The van der Waals surface area contributed by atoms with Crippen LogP contribution in [0.4, 0.5) is 0 Å². The zero-order valence-electron chi connectivity index (χ0n) is 14.6. The van der Waals surface area contributed by atoms with Gasteiger partial charge in [-0.2, -0.15) is 0 Å². The van der Waals surface area contributed by atoms with E-state index < -0.39 is 12.5 Å². The number of carbonyl (C=O) groups excluding carboxylic acids is 1. The minimum atomic E-state index is -1.08. The summed E-state index contributed by atoms with van der Waals surface area (Å²) in [5, 5.41) is 9.05. The summed E-state index contributed by atoms with van der Waals surface area (Å²) in [7, 11) is 3.05. The van der Waals surface area contributed by atoms with E-state index in [1.165, 1.54) is 19.1 Å². The standard InChI is InChI=1S/C17H25NO6/c1-5-12(2)24-11-16(19)18(10-17(20)21)9-13-6-14(22-3)8-15(7-13)23-4/h6-8,12H,5,9-11H2,1-4H3,(H,20,21). The summed E-state index contributed by atoms with van der Waals surface area (Å²) in [6, 6.07) is 5.18. The van der Waals surface area contributed by atoms with Gasteiger partial charge in [0.15, 0.2) is 0 Å². The van der Waals surface area contributed by atoms with Gasteiger partial charge in [0.05, 0.1) is 20.3 Å². The zero-order valence-corrected chi connectivity index (χ0v) is 14.6. The maximum Gasteiger partial charge on any atom is 0.323 e. The van der Waals surface area contributed by atoms with E-state index in [1.807, 2.05) is 13.8 Å². The molecule has 7 nitrogen and oxygen atoms in total. The van der Waals surface area contributed by atoms with E-state index >= 15 is 0 Å². The third-order valence-corrected chi connectivity index (χ3v) is 3.53. The minimum absolute atomic E-state index is 0.0578. The van der Waals surface area contributed by atoms with Gasteiger partial charge in [0, 0.05) is 12.6 Å². The normalized spacial score (nSPS) is 11.7. The van der Waals surface area contributed by atoms with Crippen LogP contribution in [0, 0.1) is 0 Å². The van der Waals surface area contributed by atoms with Gasteiger partial charge < -0.3 is 24.2 Å². The SMILES string of the molecule is CCC(C)OCC(=O)N(CC(=O)O)Cc1cc(OC)cc(OC)c1. The minimum Gasteiger partial charge on any atom is -0.497 e. The molecule has 0 saturated carbocycles. The third-order valence-electron chi connectivity index (χ3n) is 3.53. The van der Waals surface area contributed by atoms with Crippen LogP contribution < -0.4 is 9.47 Å². The van der Waals surface area contributed by atoms with Gasteiger partial charge in [0.1, 0.15) is 24.7 Å². The van der Waals surface area contributed by atoms with Gasteiger partial charge in [0.25, 0.3) is 0 Å². The van der Waals surface area contributed by atoms with Gasteiger partial charge in [-0.05, 0) is 31.0 Å². The molecule has 1 amide bonds. The summed E-state index contributed by atoms with van der Waals surface area (Å²) in [4.78, 5) is 24.6. The van der Waals surface area contributed by atoms with E-state index in [-0.39, 0.29) is 25.2 Å². The molecule has 1 atom stereocenters. The molecular formula is C17H25NO6. The molecule has 134 valence electrons. The number of aliphatic carboxylic acids is 1. The Labute approximate surface area is 142 Å². The van der Waals surface area contributed by atoms with Crippen LogP contribution in [0.25, 0.3) is 0 Å². The van der Waals surface area contributed by atoms with Crippen molar-refractivity contribution in [3.8, 4) is 11.5 Å². The fraction of sp³-hybridized carbons (Fsp3) is 0.529. The van der Waals surface area contributed by atoms with Gasteiger partial charge in [-0.1, -0.05) is 6.92 Å². The summed E-state index contributed by atoms with van der Waals surface area (Å²) in [6.07, 6.45) is 0.719. The summed E-state index contributed by atoms with van der Waals surface area (Å²) < 4.78 is 15.8. The van der Waals surface area contributed by atoms with Crippen molar-refractivity contribution in [2.24, 2.45) is 0 Å². The highest BCUT2D eigenvalue weighted by Gasteiger charge is 2.19. The first-order valence-electron chi connectivity index (χ1n) is 7.72. The molecule has 7 heteroatoms. The molecule has 24 heavy (non-hydrogen) atoms. The van der Waals surface area contributed by atoms with E-state index in [2.05, 4.69) is 0 Å². The number of carbonyl (C=O) groups is 2. The van der Waals surface area contributed by atoms with E-state index in [0.29, 0.717) is 17.1 Å². The molecule has 0 saturated heterocycles. The highest BCUT2D eigenvalue weighted by atomic mass is 16.5. The van der Waals surface area contributed by atoms with Crippen LogP contribution >= 0.6 is 0 Å². The predicted molar refractivity (Wildman–Crippen MR) is 88.3 cm³/mol. The smallest absolute Gasteiger partial charge is 0.323 e. The topological polar surface area (TPSA) is 85.3 Å². The van der Waals surface area contributed by atoms with Gasteiger partial charge in [-0.3, -0.25) is 9.59 Å². The van der Waals surface area contributed by atoms with Crippen molar-refractivity contribution >= 4 is 11.9 Å². The molecular weight excluding hydrogens is 314 g/mol. The van der Waals surface area contributed by atoms with Gasteiger partial charge in [-0.25, -0.2) is 0 Å². The predicted octanol–water partition coefficient (Wildman–Crippen LogP) is 1.93. The number of hydrogen-bond donors (Lipinski definition) is 1. The quantitative estimate of drug-likeness (QED) is 0.701. The molecule has 0 bridgehead atoms. The number of amides is 1. The number of ether oxygens (including phenoxy) is 3. The second-order valence-corrected chi connectivity index (χ2v) is 5.39. The molecule has 1 N–H and O–H groups in total. The lowest BCUT2D eigenvalue weighted by molar-refractivity contribution is -0.147. The number of carboxylic acids is 1. The molecule has 1 rings (SSSR count).